The predicted molar refractivity (Wildman–Crippen MR) is 76.1 cm³/mol. The quantitative estimate of drug-likeness (QED) is 0.800. The average Bonchev–Trinajstić information content (AvgIpc) is 3.02. The number of hydrogen-bond acceptors (Lipinski definition) is 3. The fourth-order valence-electron chi connectivity index (χ4n) is 3.45. The molecular weight excluding hydrogens is 240 g/mol. The van der Waals surface area contributed by atoms with Gasteiger partial charge in [0, 0.05) is 19.6 Å². The third kappa shape index (κ3) is 3.69. The van der Waals surface area contributed by atoms with Gasteiger partial charge in [-0.05, 0) is 39.5 Å². The van der Waals surface area contributed by atoms with Crippen molar-refractivity contribution in [2.75, 3.05) is 26.2 Å². The van der Waals surface area contributed by atoms with E-state index in [2.05, 4.69) is 5.32 Å². The molecule has 1 atom stereocenters. The summed E-state index contributed by atoms with van der Waals surface area (Å²) in [5.41, 5.74) is 0.204. The molecule has 1 heterocycles. The lowest BCUT2D eigenvalue weighted by molar-refractivity contribution is -0.129. The van der Waals surface area contributed by atoms with Gasteiger partial charge in [0.05, 0.1) is 18.2 Å². The summed E-state index contributed by atoms with van der Waals surface area (Å²) in [7, 11) is 0. The van der Waals surface area contributed by atoms with Crippen LogP contribution in [0.3, 0.4) is 0 Å². The van der Waals surface area contributed by atoms with E-state index in [1.807, 2.05) is 18.7 Å². The monoisotopic (exact) mass is 268 g/mol. The van der Waals surface area contributed by atoms with E-state index in [1.165, 1.54) is 32.1 Å². The zero-order valence-electron chi connectivity index (χ0n) is 12.4. The Balaban J connectivity index is 1.65. The van der Waals surface area contributed by atoms with Crippen LogP contribution in [0.1, 0.15) is 52.4 Å². The number of nitrogens with one attached hydrogen (secondary N) is 1. The highest BCUT2D eigenvalue weighted by Gasteiger charge is 2.41. The number of rotatable bonds is 6. The molecule has 0 aromatic heterocycles. The molecule has 1 N–H and O–H groups in total. The van der Waals surface area contributed by atoms with Crippen molar-refractivity contribution in [3.05, 3.63) is 0 Å². The first-order valence-electron chi connectivity index (χ1n) is 7.85. The second-order valence-electron chi connectivity index (χ2n) is 5.87. The molecule has 1 aliphatic carbocycles. The number of carbonyl (C=O) groups excluding carboxylic acids is 1. The lowest BCUT2D eigenvalue weighted by atomic mass is 9.98. The second kappa shape index (κ2) is 6.71. The lowest BCUT2D eigenvalue weighted by Crippen LogP contribution is -2.40. The van der Waals surface area contributed by atoms with E-state index in [-0.39, 0.29) is 11.5 Å². The predicted octanol–water partition coefficient (Wildman–Crippen LogP) is 1.94. The molecule has 2 fully saturated rings. The van der Waals surface area contributed by atoms with E-state index < -0.39 is 0 Å². The minimum Gasteiger partial charge on any atom is -0.370 e. The summed E-state index contributed by atoms with van der Waals surface area (Å²) in [4.78, 5) is 13.7. The van der Waals surface area contributed by atoms with Gasteiger partial charge >= 0.3 is 0 Å². The highest BCUT2D eigenvalue weighted by atomic mass is 16.5. The average molecular weight is 268 g/mol. The van der Waals surface area contributed by atoms with Gasteiger partial charge in [0.15, 0.2) is 0 Å². The third-order valence-electron chi connectivity index (χ3n) is 4.62. The minimum absolute atomic E-state index is 0.193. The van der Waals surface area contributed by atoms with Crippen LogP contribution in [0.5, 0.6) is 0 Å². The van der Waals surface area contributed by atoms with Crippen molar-refractivity contribution in [1.82, 2.24) is 10.2 Å². The van der Waals surface area contributed by atoms with Crippen molar-refractivity contribution < 1.29 is 9.53 Å². The number of amides is 1. The number of likely N-dealkylation sites (N-methyl/N-ethyl adjacent to an activating group) is 1. The Morgan fingerprint density at radius 3 is 2.58 bits per heavy atom. The van der Waals surface area contributed by atoms with Gasteiger partial charge in [0.25, 0.3) is 0 Å². The Morgan fingerprint density at radius 2 is 1.95 bits per heavy atom. The molecule has 2 aliphatic rings. The lowest BCUT2D eigenvalue weighted by Gasteiger charge is -2.24. The molecule has 1 saturated heterocycles. The van der Waals surface area contributed by atoms with E-state index in [9.17, 15) is 4.79 Å². The van der Waals surface area contributed by atoms with Crippen molar-refractivity contribution in [1.29, 1.82) is 0 Å². The maximum atomic E-state index is 11.9. The highest BCUT2D eigenvalue weighted by molar-refractivity contribution is 5.78. The van der Waals surface area contributed by atoms with E-state index in [0.29, 0.717) is 12.6 Å². The van der Waals surface area contributed by atoms with Crippen molar-refractivity contribution >= 4 is 5.91 Å². The van der Waals surface area contributed by atoms with Gasteiger partial charge in [-0.2, -0.15) is 0 Å². The fourth-order valence-corrected chi connectivity index (χ4v) is 3.45. The van der Waals surface area contributed by atoms with Gasteiger partial charge in [0.2, 0.25) is 5.91 Å². The van der Waals surface area contributed by atoms with Crippen LogP contribution < -0.4 is 5.32 Å². The molecule has 1 saturated carbocycles. The topological polar surface area (TPSA) is 41.6 Å². The van der Waals surface area contributed by atoms with Gasteiger partial charge in [-0.15, -0.1) is 0 Å². The third-order valence-corrected chi connectivity index (χ3v) is 4.62. The van der Waals surface area contributed by atoms with E-state index >= 15 is 0 Å². The van der Waals surface area contributed by atoms with Gasteiger partial charge in [-0.3, -0.25) is 4.79 Å². The molecule has 1 aliphatic heterocycles. The second-order valence-corrected chi connectivity index (χ2v) is 5.87. The van der Waals surface area contributed by atoms with E-state index in [1.54, 1.807) is 0 Å². The SMILES string of the molecule is CCN(CC)C(=O)CNCC1CCC2(CCCC2)O1. The minimum atomic E-state index is 0.193. The molecular formula is C15H28N2O2. The standard InChI is InChI=1S/C15H28N2O2/c1-3-17(4-2)14(18)12-16-11-13-7-10-15(19-13)8-5-6-9-15/h13,16H,3-12H2,1-2H3. The van der Waals surface area contributed by atoms with Crippen LogP contribution in [0.4, 0.5) is 0 Å². The van der Waals surface area contributed by atoms with Gasteiger partial charge in [-0.1, -0.05) is 12.8 Å². The Morgan fingerprint density at radius 1 is 1.26 bits per heavy atom. The molecule has 1 unspecified atom stereocenters. The maximum absolute atomic E-state index is 11.9. The summed E-state index contributed by atoms with van der Waals surface area (Å²) < 4.78 is 6.22. The number of carbonyl (C=O) groups is 1. The number of ether oxygens (including phenoxy) is 1. The van der Waals surface area contributed by atoms with Gasteiger partial charge < -0.3 is 15.0 Å². The van der Waals surface area contributed by atoms with Crippen LogP contribution in [-0.4, -0.2) is 48.7 Å². The Kier molecular flexibility index (Phi) is 5.22. The molecule has 0 radical (unpaired) electrons. The van der Waals surface area contributed by atoms with Gasteiger partial charge in [-0.25, -0.2) is 0 Å². The fraction of sp³-hybridized carbons (Fsp3) is 0.933. The Labute approximate surface area is 116 Å². The maximum Gasteiger partial charge on any atom is 0.236 e. The summed E-state index contributed by atoms with van der Waals surface area (Å²) in [6.07, 6.45) is 7.78. The van der Waals surface area contributed by atoms with Crippen LogP contribution >= 0.6 is 0 Å². The van der Waals surface area contributed by atoms with Crippen LogP contribution in [-0.2, 0) is 9.53 Å². The summed E-state index contributed by atoms with van der Waals surface area (Å²) in [6.45, 7) is 6.88. The van der Waals surface area contributed by atoms with E-state index in [0.717, 1.165) is 26.1 Å². The molecule has 2 rings (SSSR count). The first-order chi connectivity index (χ1) is 9.19. The molecule has 19 heavy (non-hydrogen) atoms. The Hall–Kier alpha value is -0.610. The van der Waals surface area contributed by atoms with E-state index in [4.69, 9.17) is 4.74 Å². The van der Waals surface area contributed by atoms with Crippen LogP contribution in [0.2, 0.25) is 0 Å². The van der Waals surface area contributed by atoms with Crippen molar-refractivity contribution in [2.24, 2.45) is 0 Å². The number of nitrogens with zero attached hydrogens (tertiary/aromatic N) is 1. The van der Waals surface area contributed by atoms with Crippen molar-refractivity contribution in [2.45, 2.75) is 64.1 Å². The van der Waals surface area contributed by atoms with Crippen molar-refractivity contribution in [3.63, 3.8) is 0 Å². The molecule has 1 spiro atoms. The molecule has 110 valence electrons. The summed E-state index contributed by atoms with van der Waals surface area (Å²) in [5, 5.41) is 3.27. The van der Waals surface area contributed by atoms with Crippen LogP contribution in [0, 0.1) is 0 Å². The first-order valence-corrected chi connectivity index (χ1v) is 7.85. The Bertz CT molecular complexity index is 297. The molecule has 1 amide bonds. The summed E-state index contributed by atoms with van der Waals surface area (Å²) in [5.74, 6) is 0.193. The zero-order chi connectivity index (χ0) is 13.7. The molecule has 0 bridgehead atoms. The van der Waals surface area contributed by atoms with Gasteiger partial charge in [0.1, 0.15) is 0 Å². The molecule has 0 aromatic carbocycles. The molecule has 0 aromatic rings. The molecule has 4 nitrogen and oxygen atoms in total. The van der Waals surface area contributed by atoms with Crippen LogP contribution in [0.25, 0.3) is 0 Å². The highest BCUT2D eigenvalue weighted by Crippen LogP contribution is 2.43. The first kappa shape index (κ1) is 14.8. The van der Waals surface area contributed by atoms with Crippen LogP contribution in [0.15, 0.2) is 0 Å². The zero-order valence-corrected chi connectivity index (χ0v) is 12.4. The smallest absolute Gasteiger partial charge is 0.236 e. The number of hydrogen-bond donors (Lipinski definition) is 1. The summed E-state index contributed by atoms with van der Waals surface area (Å²) >= 11 is 0. The van der Waals surface area contributed by atoms with Crippen molar-refractivity contribution in [3.8, 4) is 0 Å². The summed E-state index contributed by atoms with van der Waals surface area (Å²) in [6, 6.07) is 0. The molecule has 4 heteroatoms. The normalized spacial score (nSPS) is 25.1. The largest absolute Gasteiger partial charge is 0.370 e.